The van der Waals surface area contributed by atoms with Crippen molar-refractivity contribution in [1.82, 2.24) is 0 Å². The van der Waals surface area contributed by atoms with Crippen molar-refractivity contribution in [2.24, 2.45) is 10.9 Å². The predicted octanol–water partition coefficient (Wildman–Crippen LogP) is 5.17. The van der Waals surface area contributed by atoms with Gasteiger partial charge in [0.25, 0.3) is 0 Å². The van der Waals surface area contributed by atoms with E-state index in [4.69, 9.17) is 4.99 Å². The highest BCUT2D eigenvalue weighted by Gasteiger charge is 2.40. The van der Waals surface area contributed by atoms with Crippen molar-refractivity contribution < 1.29 is 4.79 Å². The lowest BCUT2D eigenvalue weighted by atomic mass is 9.74. The Hall–Kier alpha value is -1.86. The van der Waals surface area contributed by atoms with Gasteiger partial charge in [-0.05, 0) is 37.5 Å². The maximum absolute atomic E-state index is 12.7. The second-order valence-corrected chi connectivity index (χ2v) is 7.90. The molecule has 1 unspecified atom stereocenters. The third-order valence-electron chi connectivity index (χ3n) is 4.91. The molecule has 130 valence electrons. The highest BCUT2D eigenvalue weighted by molar-refractivity contribution is 8.14. The van der Waals surface area contributed by atoms with Gasteiger partial charge in [-0.2, -0.15) is 5.26 Å². The van der Waals surface area contributed by atoms with Crippen molar-refractivity contribution >= 4 is 22.6 Å². The number of allylic oxidation sites excluding steroid dienone is 2. The number of hydrogen-bond acceptors (Lipinski definition) is 4. The van der Waals surface area contributed by atoms with E-state index in [9.17, 15) is 10.1 Å². The van der Waals surface area contributed by atoms with Crippen molar-refractivity contribution in [3.8, 4) is 6.07 Å². The molecule has 3 rings (SSSR count). The number of benzene rings is 1. The van der Waals surface area contributed by atoms with E-state index in [0.717, 1.165) is 53.3 Å². The number of rotatable bonds is 4. The van der Waals surface area contributed by atoms with E-state index in [1.165, 1.54) is 5.56 Å². The lowest BCUT2D eigenvalue weighted by Crippen LogP contribution is -2.30. The molecule has 2 aliphatic rings. The van der Waals surface area contributed by atoms with Crippen molar-refractivity contribution in [3.63, 3.8) is 0 Å². The summed E-state index contributed by atoms with van der Waals surface area (Å²) in [6.07, 6.45) is 4.53. The Morgan fingerprint density at radius 1 is 1.28 bits per heavy atom. The first kappa shape index (κ1) is 17.9. The fourth-order valence-electron chi connectivity index (χ4n) is 3.53. The molecule has 25 heavy (non-hydrogen) atoms. The molecule has 2 atom stereocenters. The minimum atomic E-state index is -0.356. The van der Waals surface area contributed by atoms with Gasteiger partial charge in [0.1, 0.15) is 5.92 Å². The fourth-order valence-corrected chi connectivity index (χ4v) is 4.72. The number of unbranched alkanes of at least 4 members (excludes halogenated alkanes) is 1. The molecule has 1 aliphatic heterocycles. The Bertz CT molecular complexity index is 755. The van der Waals surface area contributed by atoms with Gasteiger partial charge >= 0.3 is 0 Å². The molecular weight excluding hydrogens is 328 g/mol. The standard InChI is InChI=1S/C21H24N2OS/c1-3-4-12-25-21-16(13-22)19(15-10-8-14(2)9-11-15)20-17(23-21)6-5-7-18(20)24/h8-11,16,19H,3-7,12H2,1-2H3/t16?,19-/m1/s1. The van der Waals surface area contributed by atoms with E-state index >= 15 is 0 Å². The van der Waals surface area contributed by atoms with Crippen LogP contribution in [0, 0.1) is 24.2 Å². The Balaban J connectivity index is 2.05. The van der Waals surface area contributed by atoms with Crippen LogP contribution in [0.25, 0.3) is 0 Å². The lowest BCUT2D eigenvalue weighted by Gasteiger charge is -2.33. The maximum atomic E-state index is 12.7. The number of ketones is 1. The quantitative estimate of drug-likeness (QED) is 0.702. The number of aryl methyl sites for hydroxylation is 1. The number of hydrogen-bond donors (Lipinski definition) is 0. The molecule has 0 radical (unpaired) electrons. The molecule has 1 aromatic rings. The molecule has 0 N–H and O–H groups in total. The minimum Gasteiger partial charge on any atom is -0.294 e. The fraction of sp³-hybridized carbons (Fsp3) is 0.476. The number of carbonyl (C=O) groups is 1. The Morgan fingerprint density at radius 3 is 2.72 bits per heavy atom. The topological polar surface area (TPSA) is 53.2 Å². The van der Waals surface area contributed by atoms with Crippen molar-refractivity contribution in [2.75, 3.05) is 5.75 Å². The molecule has 0 aromatic heterocycles. The molecule has 1 aliphatic carbocycles. The minimum absolute atomic E-state index is 0.171. The van der Waals surface area contributed by atoms with Gasteiger partial charge in [0.05, 0.1) is 11.1 Å². The first-order valence-electron chi connectivity index (χ1n) is 9.09. The largest absolute Gasteiger partial charge is 0.294 e. The van der Waals surface area contributed by atoms with E-state index in [-0.39, 0.29) is 17.6 Å². The summed E-state index contributed by atoms with van der Waals surface area (Å²) in [6.45, 7) is 4.22. The van der Waals surface area contributed by atoms with Gasteiger partial charge in [0.15, 0.2) is 5.78 Å². The van der Waals surface area contributed by atoms with E-state index in [1.54, 1.807) is 11.8 Å². The summed E-state index contributed by atoms with van der Waals surface area (Å²) < 4.78 is 0. The van der Waals surface area contributed by atoms with Crippen LogP contribution < -0.4 is 0 Å². The van der Waals surface area contributed by atoms with Crippen LogP contribution in [0.5, 0.6) is 0 Å². The maximum Gasteiger partial charge on any atom is 0.161 e. The molecule has 1 aromatic carbocycles. The van der Waals surface area contributed by atoms with E-state index in [0.29, 0.717) is 6.42 Å². The molecule has 0 amide bonds. The average Bonchev–Trinajstić information content (AvgIpc) is 2.62. The SMILES string of the molecule is CCCCSC1=NC2=C(C(=O)CCC2)[C@H](c2ccc(C)cc2)C1C#N. The molecule has 0 fully saturated rings. The zero-order valence-corrected chi connectivity index (χ0v) is 15.7. The highest BCUT2D eigenvalue weighted by atomic mass is 32.2. The van der Waals surface area contributed by atoms with Gasteiger partial charge in [-0.1, -0.05) is 43.2 Å². The molecule has 0 bridgehead atoms. The first-order valence-corrected chi connectivity index (χ1v) is 10.1. The van der Waals surface area contributed by atoms with Crippen LogP contribution in [0.3, 0.4) is 0 Å². The number of thioether (sulfide) groups is 1. The molecule has 0 saturated carbocycles. The summed E-state index contributed by atoms with van der Waals surface area (Å²) in [5, 5.41) is 10.8. The summed E-state index contributed by atoms with van der Waals surface area (Å²) in [4.78, 5) is 17.5. The van der Waals surface area contributed by atoms with Gasteiger partial charge in [-0.15, -0.1) is 11.8 Å². The summed E-state index contributed by atoms with van der Waals surface area (Å²) in [5.74, 6) is 0.624. The normalized spacial score (nSPS) is 23.1. The van der Waals surface area contributed by atoms with Crippen molar-refractivity contribution in [2.45, 2.75) is 51.9 Å². The molecular formula is C21H24N2OS. The van der Waals surface area contributed by atoms with Crippen LogP contribution in [0.2, 0.25) is 0 Å². The number of Topliss-reactive ketones (excluding diaryl/α,β-unsaturated/α-hetero) is 1. The highest BCUT2D eigenvalue weighted by Crippen LogP contribution is 2.44. The molecule has 0 saturated heterocycles. The first-order chi connectivity index (χ1) is 12.2. The van der Waals surface area contributed by atoms with Crippen LogP contribution in [-0.4, -0.2) is 16.6 Å². The van der Waals surface area contributed by atoms with Crippen LogP contribution in [0.15, 0.2) is 40.5 Å². The third-order valence-corrected chi connectivity index (χ3v) is 6.04. The van der Waals surface area contributed by atoms with Gasteiger partial charge < -0.3 is 0 Å². The second kappa shape index (κ2) is 8.01. The summed E-state index contributed by atoms with van der Waals surface area (Å²) in [7, 11) is 0. The van der Waals surface area contributed by atoms with Gasteiger partial charge in [0, 0.05) is 23.6 Å². The predicted molar refractivity (Wildman–Crippen MR) is 104 cm³/mol. The Labute approximate surface area is 154 Å². The van der Waals surface area contributed by atoms with Crippen LogP contribution >= 0.6 is 11.8 Å². The smallest absolute Gasteiger partial charge is 0.161 e. The van der Waals surface area contributed by atoms with Crippen LogP contribution in [0.4, 0.5) is 0 Å². The Morgan fingerprint density at radius 2 is 2.04 bits per heavy atom. The number of nitrogens with zero attached hydrogens (tertiary/aromatic N) is 2. The monoisotopic (exact) mass is 352 g/mol. The number of nitriles is 1. The van der Waals surface area contributed by atoms with Gasteiger partial charge in [-0.3, -0.25) is 4.79 Å². The molecule has 1 heterocycles. The summed E-state index contributed by atoms with van der Waals surface area (Å²) in [5.41, 5.74) is 3.96. The lowest BCUT2D eigenvalue weighted by molar-refractivity contribution is -0.116. The van der Waals surface area contributed by atoms with Gasteiger partial charge in [0.2, 0.25) is 0 Å². The number of aliphatic imine (C=N–C) groups is 1. The van der Waals surface area contributed by atoms with Gasteiger partial charge in [-0.25, -0.2) is 4.99 Å². The van der Waals surface area contributed by atoms with Crippen LogP contribution in [0.1, 0.15) is 56.1 Å². The zero-order valence-electron chi connectivity index (χ0n) is 14.9. The molecule has 4 heteroatoms. The van der Waals surface area contributed by atoms with Crippen molar-refractivity contribution in [3.05, 3.63) is 46.7 Å². The van der Waals surface area contributed by atoms with Crippen LogP contribution in [-0.2, 0) is 4.79 Å². The summed E-state index contributed by atoms with van der Waals surface area (Å²) >= 11 is 1.70. The Kier molecular flexibility index (Phi) is 5.75. The molecule has 0 spiro atoms. The molecule has 3 nitrogen and oxygen atoms in total. The van der Waals surface area contributed by atoms with Crippen molar-refractivity contribution in [1.29, 1.82) is 5.26 Å². The number of carbonyl (C=O) groups excluding carboxylic acids is 1. The van der Waals surface area contributed by atoms with E-state index in [1.807, 2.05) is 0 Å². The zero-order chi connectivity index (χ0) is 17.8. The third kappa shape index (κ3) is 3.72. The second-order valence-electron chi connectivity index (χ2n) is 6.78. The summed E-state index contributed by atoms with van der Waals surface area (Å²) in [6, 6.07) is 10.7. The average molecular weight is 353 g/mol. The van der Waals surface area contributed by atoms with E-state index in [2.05, 4.69) is 44.2 Å². The van der Waals surface area contributed by atoms with E-state index < -0.39 is 0 Å².